The molecule has 3 heteroatoms. The van der Waals surface area contributed by atoms with Gasteiger partial charge in [0, 0.05) is 24.4 Å². The van der Waals surface area contributed by atoms with Crippen LogP contribution in [0.3, 0.4) is 0 Å². The van der Waals surface area contributed by atoms with Crippen molar-refractivity contribution in [2.45, 2.75) is 52.1 Å². The van der Waals surface area contributed by atoms with Crippen LogP contribution in [0, 0.1) is 5.41 Å². The summed E-state index contributed by atoms with van der Waals surface area (Å²) in [6, 6.07) is 1.37. The lowest BCUT2D eigenvalue weighted by Crippen LogP contribution is -2.47. The Morgan fingerprint density at radius 1 is 1.35 bits per heavy atom. The number of rotatable bonds is 4. The largest absolute Gasteiger partial charge is 0.309 e. The van der Waals surface area contributed by atoms with Crippen molar-refractivity contribution in [2.75, 3.05) is 31.1 Å². The van der Waals surface area contributed by atoms with Crippen LogP contribution in [-0.4, -0.2) is 48.1 Å². The summed E-state index contributed by atoms with van der Waals surface area (Å²) in [5.74, 6) is 2.62. The molecule has 2 rings (SSSR count). The van der Waals surface area contributed by atoms with Crippen LogP contribution < -0.4 is 5.32 Å². The number of thioether (sulfide) groups is 1. The molecule has 0 spiro atoms. The predicted molar refractivity (Wildman–Crippen MR) is 77.8 cm³/mol. The molecule has 0 aromatic rings. The van der Waals surface area contributed by atoms with E-state index < -0.39 is 0 Å². The van der Waals surface area contributed by atoms with Crippen molar-refractivity contribution >= 4 is 11.8 Å². The number of likely N-dealkylation sites (tertiary alicyclic amines) is 1. The molecule has 100 valence electrons. The molecule has 2 heterocycles. The zero-order chi connectivity index (χ0) is 12.3. The molecular weight excluding hydrogens is 228 g/mol. The average molecular weight is 256 g/mol. The number of nitrogens with one attached hydrogen (secondary N) is 1. The molecule has 2 saturated heterocycles. The summed E-state index contributed by atoms with van der Waals surface area (Å²) in [6.45, 7) is 11.0. The summed E-state index contributed by atoms with van der Waals surface area (Å²) in [6.07, 6.45) is 4.14. The van der Waals surface area contributed by atoms with E-state index in [0.717, 1.165) is 6.04 Å². The molecule has 2 atom stereocenters. The summed E-state index contributed by atoms with van der Waals surface area (Å²) in [5.41, 5.74) is 0.522. The van der Waals surface area contributed by atoms with Gasteiger partial charge in [0.05, 0.1) is 0 Å². The standard InChI is InChI=1S/C14H28N2S/c1-12(9-16-6-4-5-7-16)15-13-8-14(2,3)11-17-10-13/h12-13,15H,4-11H2,1-3H3. The molecule has 0 aliphatic carbocycles. The normalized spacial score (nSPS) is 31.6. The monoisotopic (exact) mass is 256 g/mol. The molecule has 0 aromatic heterocycles. The van der Waals surface area contributed by atoms with Gasteiger partial charge in [-0.2, -0.15) is 11.8 Å². The second-order valence-electron chi connectivity index (χ2n) is 6.66. The number of hydrogen-bond acceptors (Lipinski definition) is 3. The van der Waals surface area contributed by atoms with Crippen LogP contribution in [-0.2, 0) is 0 Å². The van der Waals surface area contributed by atoms with Crippen molar-refractivity contribution in [2.24, 2.45) is 5.41 Å². The Morgan fingerprint density at radius 2 is 2.06 bits per heavy atom. The van der Waals surface area contributed by atoms with Gasteiger partial charge in [0.2, 0.25) is 0 Å². The van der Waals surface area contributed by atoms with E-state index in [2.05, 4.69) is 42.7 Å². The van der Waals surface area contributed by atoms with E-state index in [9.17, 15) is 0 Å². The van der Waals surface area contributed by atoms with E-state index in [1.807, 2.05) is 0 Å². The van der Waals surface area contributed by atoms with Gasteiger partial charge in [0.1, 0.15) is 0 Å². The predicted octanol–water partition coefficient (Wildman–Crippen LogP) is 2.59. The van der Waals surface area contributed by atoms with Gasteiger partial charge in [0.25, 0.3) is 0 Å². The fraction of sp³-hybridized carbons (Fsp3) is 1.00. The smallest absolute Gasteiger partial charge is 0.0169 e. The first-order valence-corrected chi connectivity index (χ1v) is 8.27. The highest BCUT2D eigenvalue weighted by molar-refractivity contribution is 7.99. The first-order chi connectivity index (χ1) is 8.05. The van der Waals surface area contributed by atoms with Crippen LogP contribution in [0.25, 0.3) is 0 Å². The fourth-order valence-corrected chi connectivity index (χ4v) is 4.46. The van der Waals surface area contributed by atoms with Crippen molar-refractivity contribution in [3.05, 3.63) is 0 Å². The molecular formula is C14H28N2S. The molecule has 17 heavy (non-hydrogen) atoms. The molecule has 2 aliphatic heterocycles. The van der Waals surface area contributed by atoms with Crippen LogP contribution >= 0.6 is 11.8 Å². The fourth-order valence-electron chi connectivity index (χ4n) is 3.18. The molecule has 0 radical (unpaired) electrons. The molecule has 0 bridgehead atoms. The molecule has 1 N–H and O–H groups in total. The van der Waals surface area contributed by atoms with Gasteiger partial charge in [-0.05, 0) is 50.4 Å². The van der Waals surface area contributed by atoms with E-state index in [0.29, 0.717) is 11.5 Å². The third kappa shape index (κ3) is 4.46. The van der Waals surface area contributed by atoms with E-state index in [4.69, 9.17) is 0 Å². The lowest BCUT2D eigenvalue weighted by atomic mass is 9.87. The van der Waals surface area contributed by atoms with Crippen molar-refractivity contribution < 1.29 is 0 Å². The highest BCUT2D eigenvalue weighted by atomic mass is 32.2. The van der Waals surface area contributed by atoms with Gasteiger partial charge >= 0.3 is 0 Å². The summed E-state index contributed by atoms with van der Waals surface area (Å²) in [4.78, 5) is 2.61. The molecule has 2 aliphatic rings. The Balaban J connectivity index is 1.72. The maximum absolute atomic E-state index is 3.84. The molecule has 2 unspecified atom stereocenters. The maximum atomic E-state index is 3.84. The zero-order valence-corrected chi connectivity index (χ0v) is 12.5. The van der Waals surface area contributed by atoms with Crippen molar-refractivity contribution in [3.8, 4) is 0 Å². The summed E-state index contributed by atoms with van der Waals surface area (Å²) in [7, 11) is 0. The highest BCUT2D eigenvalue weighted by Gasteiger charge is 2.29. The third-order valence-electron chi connectivity index (χ3n) is 3.86. The van der Waals surface area contributed by atoms with Crippen LogP contribution in [0.2, 0.25) is 0 Å². The Bertz CT molecular complexity index is 236. The third-order valence-corrected chi connectivity index (χ3v) is 5.49. The SMILES string of the molecule is CC(CN1CCCC1)NC1CSCC(C)(C)C1. The van der Waals surface area contributed by atoms with Crippen LogP contribution in [0.5, 0.6) is 0 Å². The topological polar surface area (TPSA) is 15.3 Å². The van der Waals surface area contributed by atoms with Gasteiger partial charge in [-0.1, -0.05) is 13.8 Å². The Morgan fingerprint density at radius 3 is 2.71 bits per heavy atom. The van der Waals surface area contributed by atoms with Crippen LogP contribution in [0.4, 0.5) is 0 Å². The first kappa shape index (κ1) is 13.7. The van der Waals surface area contributed by atoms with Crippen molar-refractivity contribution in [1.29, 1.82) is 0 Å². The lowest BCUT2D eigenvalue weighted by molar-refractivity contribution is 0.259. The summed E-state index contributed by atoms with van der Waals surface area (Å²) in [5, 5.41) is 3.84. The van der Waals surface area contributed by atoms with Gasteiger partial charge in [-0.25, -0.2) is 0 Å². The minimum absolute atomic E-state index is 0.522. The molecule has 0 saturated carbocycles. The van der Waals surface area contributed by atoms with E-state index >= 15 is 0 Å². The van der Waals surface area contributed by atoms with Crippen LogP contribution in [0.1, 0.15) is 40.0 Å². The first-order valence-electron chi connectivity index (χ1n) is 7.11. The second kappa shape index (κ2) is 5.94. The summed E-state index contributed by atoms with van der Waals surface area (Å²) >= 11 is 2.12. The second-order valence-corrected chi connectivity index (χ2v) is 7.69. The molecule has 0 amide bonds. The molecule has 2 nitrogen and oxygen atoms in total. The number of hydrogen-bond donors (Lipinski definition) is 1. The Hall–Kier alpha value is 0.270. The van der Waals surface area contributed by atoms with Gasteiger partial charge in [-0.15, -0.1) is 0 Å². The van der Waals surface area contributed by atoms with E-state index in [1.54, 1.807) is 0 Å². The van der Waals surface area contributed by atoms with Crippen molar-refractivity contribution in [1.82, 2.24) is 10.2 Å². The Labute approximate surface area is 111 Å². The average Bonchev–Trinajstić information content (AvgIpc) is 2.68. The summed E-state index contributed by atoms with van der Waals surface area (Å²) < 4.78 is 0. The molecule has 2 fully saturated rings. The van der Waals surface area contributed by atoms with Gasteiger partial charge in [0.15, 0.2) is 0 Å². The lowest BCUT2D eigenvalue weighted by Gasteiger charge is -2.37. The quantitative estimate of drug-likeness (QED) is 0.832. The van der Waals surface area contributed by atoms with Crippen LogP contribution in [0.15, 0.2) is 0 Å². The van der Waals surface area contributed by atoms with Crippen molar-refractivity contribution in [3.63, 3.8) is 0 Å². The molecule has 0 aromatic carbocycles. The van der Waals surface area contributed by atoms with Gasteiger partial charge < -0.3 is 10.2 Å². The van der Waals surface area contributed by atoms with E-state index in [1.165, 1.54) is 50.4 Å². The maximum Gasteiger partial charge on any atom is 0.0169 e. The highest BCUT2D eigenvalue weighted by Crippen LogP contribution is 2.33. The Kier molecular flexibility index (Phi) is 4.79. The minimum atomic E-state index is 0.522. The minimum Gasteiger partial charge on any atom is -0.309 e. The van der Waals surface area contributed by atoms with Gasteiger partial charge in [-0.3, -0.25) is 0 Å². The van der Waals surface area contributed by atoms with E-state index in [-0.39, 0.29) is 0 Å². The number of nitrogens with zero attached hydrogens (tertiary/aromatic N) is 1. The zero-order valence-electron chi connectivity index (χ0n) is 11.7.